The fraction of sp³-hybridized carbons (Fsp3) is 0.0952. The molecular formula is C21H14Cl4N2O3S. The van der Waals surface area contributed by atoms with Crippen LogP contribution in [-0.2, 0) is 23.3 Å². The first-order valence-electron chi connectivity index (χ1n) is 9.01. The van der Waals surface area contributed by atoms with E-state index < -0.39 is 16.1 Å². The van der Waals surface area contributed by atoms with E-state index >= 15 is 0 Å². The average Bonchev–Trinajstić information content (AvgIpc) is 2.74. The highest BCUT2D eigenvalue weighted by molar-refractivity contribution is 7.91. The number of benzene rings is 3. The third-order valence-corrected chi connectivity index (χ3v) is 8.33. The number of nitrogens with zero attached hydrogens (tertiary/aromatic N) is 2. The molecule has 0 bridgehead atoms. The average molecular weight is 516 g/mol. The van der Waals surface area contributed by atoms with Crippen molar-refractivity contribution in [3.63, 3.8) is 0 Å². The highest BCUT2D eigenvalue weighted by Gasteiger charge is 2.42. The Morgan fingerprint density at radius 2 is 1.19 bits per heavy atom. The number of carbonyl (C=O) groups excluding carboxylic acids is 1. The van der Waals surface area contributed by atoms with Crippen LogP contribution in [0.1, 0.15) is 21.5 Å². The smallest absolute Gasteiger partial charge is 0.268 e. The van der Waals surface area contributed by atoms with E-state index in [0.29, 0.717) is 16.1 Å². The number of carbonyl (C=O) groups is 1. The first-order chi connectivity index (χ1) is 14.7. The minimum absolute atomic E-state index is 0.105. The molecule has 0 atom stereocenters. The minimum Gasteiger partial charge on any atom is -0.268 e. The number of para-hydroxylation sites is 1. The van der Waals surface area contributed by atoms with Crippen LogP contribution < -0.4 is 4.31 Å². The zero-order valence-electron chi connectivity index (χ0n) is 15.7. The molecule has 0 fully saturated rings. The summed E-state index contributed by atoms with van der Waals surface area (Å²) in [4.78, 5) is 13.1. The Bertz CT molecular complexity index is 1300. The monoisotopic (exact) mass is 514 g/mol. The van der Waals surface area contributed by atoms with Crippen molar-refractivity contribution in [2.75, 3.05) is 4.31 Å². The SMILES string of the molecule is O=C1c2ccccc2N(Cc2cccc(Cl)c2Cl)S(=O)(=O)N1Cc1cccc(Cl)c1Cl. The van der Waals surface area contributed by atoms with Gasteiger partial charge in [0.15, 0.2) is 0 Å². The van der Waals surface area contributed by atoms with Gasteiger partial charge in [0.25, 0.3) is 5.91 Å². The van der Waals surface area contributed by atoms with Crippen molar-refractivity contribution in [3.05, 3.63) is 97.4 Å². The topological polar surface area (TPSA) is 57.7 Å². The fourth-order valence-corrected chi connectivity index (χ4v) is 5.64. The third-order valence-electron chi connectivity index (χ3n) is 4.88. The summed E-state index contributed by atoms with van der Waals surface area (Å²) in [7, 11) is -4.27. The Labute approximate surface area is 199 Å². The van der Waals surface area contributed by atoms with Crippen molar-refractivity contribution < 1.29 is 13.2 Å². The van der Waals surface area contributed by atoms with E-state index in [1.807, 2.05) is 0 Å². The maximum Gasteiger partial charge on any atom is 0.329 e. The van der Waals surface area contributed by atoms with E-state index in [0.717, 1.165) is 8.61 Å². The van der Waals surface area contributed by atoms with Gasteiger partial charge in [-0.3, -0.25) is 4.79 Å². The lowest BCUT2D eigenvalue weighted by molar-refractivity contribution is 0.0851. The molecule has 1 heterocycles. The predicted molar refractivity (Wildman–Crippen MR) is 124 cm³/mol. The highest BCUT2D eigenvalue weighted by atomic mass is 35.5. The number of anilines is 1. The van der Waals surface area contributed by atoms with Gasteiger partial charge in [-0.2, -0.15) is 8.42 Å². The molecule has 1 amide bonds. The summed E-state index contributed by atoms with van der Waals surface area (Å²) in [5.74, 6) is -0.653. The van der Waals surface area contributed by atoms with Crippen molar-refractivity contribution in [2.45, 2.75) is 13.1 Å². The predicted octanol–water partition coefficient (Wildman–Crippen LogP) is 6.21. The first-order valence-corrected chi connectivity index (χ1v) is 11.9. The van der Waals surface area contributed by atoms with Gasteiger partial charge in [0, 0.05) is 0 Å². The van der Waals surface area contributed by atoms with Gasteiger partial charge in [0.2, 0.25) is 0 Å². The van der Waals surface area contributed by atoms with Crippen molar-refractivity contribution in [1.29, 1.82) is 0 Å². The molecule has 3 aromatic carbocycles. The van der Waals surface area contributed by atoms with Crippen molar-refractivity contribution in [3.8, 4) is 0 Å². The summed E-state index contributed by atoms with van der Waals surface area (Å²) in [6.45, 7) is -0.375. The van der Waals surface area contributed by atoms with Gasteiger partial charge >= 0.3 is 10.2 Å². The second-order valence-electron chi connectivity index (χ2n) is 6.77. The normalized spacial score (nSPS) is 15.2. The van der Waals surface area contributed by atoms with E-state index in [9.17, 15) is 13.2 Å². The largest absolute Gasteiger partial charge is 0.329 e. The van der Waals surface area contributed by atoms with Crippen LogP contribution in [-0.4, -0.2) is 18.6 Å². The lowest BCUT2D eigenvalue weighted by atomic mass is 10.1. The molecule has 0 saturated heterocycles. The number of hydrogen-bond donors (Lipinski definition) is 0. The lowest BCUT2D eigenvalue weighted by Crippen LogP contribution is -2.50. The van der Waals surface area contributed by atoms with Crippen LogP contribution in [0.15, 0.2) is 60.7 Å². The van der Waals surface area contributed by atoms with Gasteiger partial charge in [-0.05, 0) is 35.4 Å². The molecule has 3 aromatic rings. The quantitative estimate of drug-likeness (QED) is 0.415. The van der Waals surface area contributed by atoms with Gasteiger partial charge < -0.3 is 0 Å². The van der Waals surface area contributed by atoms with Crippen LogP contribution in [0.4, 0.5) is 5.69 Å². The Hall–Kier alpha value is -1.96. The number of rotatable bonds is 4. The molecule has 0 saturated carbocycles. The summed E-state index contributed by atoms with van der Waals surface area (Å²) in [5.41, 5.74) is 1.42. The first kappa shape index (κ1) is 22.2. The third kappa shape index (κ3) is 3.99. The van der Waals surface area contributed by atoms with Crippen molar-refractivity contribution in [2.24, 2.45) is 0 Å². The van der Waals surface area contributed by atoms with Crippen LogP contribution in [0, 0.1) is 0 Å². The molecule has 1 aliphatic rings. The second kappa shape index (κ2) is 8.52. The van der Waals surface area contributed by atoms with Crippen LogP contribution in [0.3, 0.4) is 0 Å². The molecule has 0 unspecified atom stereocenters. The summed E-state index contributed by atoms with van der Waals surface area (Å²) in [6.07, 6.45) is 0. The minimum atomic E-state index is -4.27. The maximum absolute atomic E-state index is 13.6. The van der Waals surface area contributed by atoms with Crippen molar-refractivity contribution in [1.82, 2.24) is 4.31 Å². The van der Waals surface area contributed by atoms with E-state index in [1.54, 1.807) is 60.7 Å². The summed E-state index contributed by atoms with van der Waals surface area (Å²) in [6, 6.07) is 16.3. The summed E-state index contributed by atoms with van der Waals surface area (Å²) in [5, 5.41) is 1.01. The molecule has 4 rings (SSSR count). The number of halogens is 4. The van der Waals surface area contributed by atoms with Gasteiger partial charge in [-0.1, -0.05) is 82.8 Å². The van der Waals surface area contributed by atoms with Crippen LogP contribution >= 0.6 is 46.4 Å². The zero-order valence-corrected chi connectivity index (χ0v) is 19.6. The molecule has 160 valence electrons. The maximum atomic E-state index is 13.6. The molecule has 10 heteroatoms. The molecule has 5 nitrogen and oxygen atoms in total. The molecule has 1 aliphatic heterocycles. The Morgan fingerprint density at radius 3 is 1.77 bits per heavy atom. The van der Waals surface area contributed by atoms with E-state index in [2.05, 4.69) is 0 Å². The number of fused-ring (bicyclic) bond motifs is 1. The molecular weight excluding hydrogens is 502 g/mol. The Morgan fingerprint density at radius 1 is 0.677 bits per heavy atom. The van der Waals surface area contributed by atoms with Crippen LogP contribution in [0.5, 0.6) is 0 Å². The van der Waals surface area contributed by atoms with Crippen molar-refractivity contribution >= 4 is 68.2 Å². The fourth-order valence-electron chi connectivity index (χ4n) is 3.33. The van der Waals surface area contributed by atoms with Crippen LogP contribution in [0.2, 0.25) is 20.1 Å². The van der Waals surface area contributed by atoms with Gasteiger partial charge in [-0.25, -0.2) is 8.61 Å². The molecule has 0 spiro atoms. The summed E-state index contributed by atoms with van der Waals surface area (Å²) < 4.78 is 29.1. The van der Waals surface area contributed by atoms with E-state index in [-0.39, 0.29) is 39.4 Å². The van der Waals surface area contributed by atoms with E-state index in [4.69, 9.17) is 46.4 Å². The molecule has 0 aliphatic carbocycles. The van der Waals surface area contributed by atoms with Gasteiger partial charge in [-0.15, -0.1) is 0 Å². The molecule has 0 N–H and O–H groups in total. The molecule has 31 heavy (non-hydrogen) atoms. The zero-order chi connectivity index (χ0) is 22.3. The number of hydrogen-bond acceptors (Lipinski definition) is 3. The standard InChI is InChI=1S/C21H14Cl4N2O3S/c22-16-8-3-5-13(19(16)24)11-26-18-10-2-1-7-15(18)21(28)27(31(26,29)30)12-14-6-4-9-17(23)20(14)25/h1-10H,11-12H2. The Kier molecular flexibility index (Phi) is 6.12. The highest BCUT2D eigenvalue weighted by Crippen LogP contribution is 2.37. The molecule has 0 aromatic heterocycles. The lowest BCUT2D eigenvalue weighted by Gasteiger charge is -2.37. The number of amides is 1. The van der Waals surface area contributed by atoms with Gasteiger partial charge in [0.1, 0.15) is 0 Å². The Balaban J connectivity index is 1.83. The second-order valence-corrected chi connectivity index (χ2v) is 10.1. The summed E-state index contributed by atoms with van der Waals surface area (Å²) >= 11 is 24.7. The van der Waals surface area contributed by atoms with E-state index in [1.165, 1.54) is 0 Å². The van der Waals surface area contributed by atoms with Gasteiger partial charge in [0.05, 0.1) is 44.4 Å². The van der Waals surface area contributed by atoms with Crippen LogP contribution in [0.25, 0.3) is 0 Å². The molecule has 0 radical (unpaired) electrons.